The second-order valence-corrected chi connectivity index (χ2v) is 7.26. The van der Waals surface area contributed by atoms with Crippen molar-refractivity contribution >= 4 is 29.6 Å². The fourth-order valence-electron chi connectivity index (χ4n) is 3.22. The molecule has 4 rings (SSSR count). The van der Waals surface area contributed by atoms with E-state index in [0.717, 1.165) is 17.2 Å². The number of urea groups is 1. The van der Waals surface area contributed by atoms with Crippen molar-refractivity contribution in [3.63, 3.8) is 0 Å². The average Bonchev–Trinajstić information content (AvgIpc) is 2.78. The minimum atomic E-state index is -1.00. The van der Waals surface area contributed by atoms with Crippen molar-refractivity contribution in [3.8, 4) is 5.75 Å². The molecule has 6 nitrogen and oxygen atoms in total. The molecular formula is C25H19FN2O4. The third-order valence-corrected chi connectivity index (χ3v) is 4.89. The number of nitrogens with one attached hydrogen (secondary N) is 1. The van der Waals surface area contributed by atoms with E-state index in [0.29, 0.717) is 22.8 Å². The Morgan fingerprint density at radius 3 is 2.47 bits per heavy atom. The molecule has 0 saturated carbocycles. The second-order valence-electron chi connectivity index (χ2n) is 7.26. The van der Waals surface area contributed by atoms with E-state index in [4.69, 9.17) is 4.74 Å². The molecule has 4 amide bonds. The van der Waals surface area contributed by atoms with Crippen LogP contribution in [0.15, 0.2) is 78.4 Å². The summed E-state index contributed by atoms with van der Waals surface area (Å²) in [5.41, 5.74) is 2.15. The van der Waals surface area contributed by atoms with Gasteiger partial charge in [-0.15, -0.1) is 0 Å². The molecule has 3 aromatic carbocycles. The number of hydrogen-bond donors (Lipinski definition) is 1. The van der Waals surface area contributed by atoms with Gasteiger partial charge in [-0.3, -0.25) is 14.9 Å². The van der Waals surface area contributed by atoms with E-state index in [1.54, 1.807) is 24.3 Å². The highest BCUT2D eigenvalue weighted by Gasteiger charge is 2.37. The van der Waals surface area contributed by atoms with Gasteiger partial charge in [0.05, 0.1) is 5.69 Å². The van der Waals surface area contributed by atoms with Crippen molar-refractivity contribution in [1.82, 2.24) is 5.32 Å². The lowest BCUT2D eigenvalue weighted by Gasteiger charge is -2.26. The maximum Gasteiger partial charge on any atom is 0.336 e. The van der Waals surface area contributed by atoms with Crippen molar-refractivity contribution in [2.45, 2.75) is 13.5 Å². The Morgan fingerprint density at radius 1 is 0.969 bits per heavy atom. The lowest BCUT2D eigenvalue weighted by molar-refractivity contribution is -0.122. The van der Waals surface area contributed by atoms with Crippen LogP contribution in [0.3, 0.4) is 0 Å². The Hall–Kier alpha value is -4.26. The monoisotopic (exact) mass is 430 g/mol. The van der Waals surface area contributed by atoms with Crippen LogP contribution in [-0.2, 0) is 16.2 Å². The fraction of sp³-hybridized carbons (Fsp3) is 0.0800. The molecule has 0 aliphatic carbocycles. The topological polar surface area (TPSA) is 75.7 Å². The number of nitrogens with zero attached hydrogens (tertiary/aromatic N) is 1. The standard InChI is InChI=1S/C25H19FN2O4/c1-16-9-11-17(12-10-16)15-32-19-6-4-5-18(13-19)14-20-23(29)27-25(31)28(24(20)30)22-8-3-2-7-21(22)26/h2-14H,15H2,1H3,(H,27,29,31)/b20-14+. The van der Waals surface area contributed by atoms with Crippen LogP contribution in [0.5, 0.6) is 5.75 Å². The summed E-state index contributed by atoms with van der Waals surface area (Å²) in [6, 6.07) is 19.1. The van der Waals surface area contributed by atoms with E-state index < -0.39 is 23.7 Å². The van der Waals surface area contributed by atoms with Crippen LogP contribution in [0.25, 0.3) is 6.08 Å². The van der Waals surface area contributed by atoms with E-state index in [1.165, 1.54) is 24.3 Å². The molecule has 1 N–H and O–H groups in total. The molecule has 0 atom stereocenters. The van der Waals surface area contributed by atoms with Gasteiger partial charge in [-0.25, -0.2) is 14.1 Å². The maximum atomic E-state index is 14.2. The molecule has 0 bridgehead atoms. The number of halogens is 1. The lowest BCUT2D eigenvalue weighted by Crippen LogP contribution is -2.54. The van der Waals surface area contributed by atoms with Crippen molar-refractivity contribution in [2.75, 3.05) is 4.90 Å². The van der Waals surface area contributed by atoms with Crippen LogP contribution in [0.2, 0.25) is 0 Å². The number of carbonyl (C=O) groups excluding carboxylic acids is 3. The molecule has 0 unspecified atom stereocenters. The summed E-state index contributed by atoms with van der Waals surface area (Å²) in [7, 11) is 0. The third kappa shape index (κ3) is 4.41. The van der Waals surface area contributed by atoms with Crippen molar-refractivity contribution in [1.29, 1.82) is 0 Å². The van der Waals surface area contributed by atoms with Gasteiger partial charge in [0, 0.05) is 0 Å². The van der Waals surface area contributed by atoms with Crippen molar-refractivity contribution in [2.24, 2.45) is 0 Å². The summed E-state index contributed by atoms with van der Waals surface area (Å²) in [5.74, 6) is -1.96. The summed E-state index contributed by atoms with van der Waals surface area (Å²) in [6.45, 7) is 2.36. The number of imide groups is 2. The van der Waals surface area contributed by atoms with Crippen molar-refractivity contribution < 1.29 is 23.5 Å². The van der Waals surface area contributed by atoms with Gasteiger partial charge in [0.1, 0.15) is 23.7 Å². The molecule has 7 heteroatoms. The minimum absolute atomic E-state index is 0.233. The second kappa shape index (κ2) is 8.85. The number of ether oxygens (including phenoxy) is 1. The van der Waals surface area contributed by atoms with Gasteiger partial charge < -0.3 is 4.74 Å². The number of amides is 4. The van der Waals surface area contributed by atoms with E-state index in [9.17, 15) is 18.8 Å². The van der Waals surface area contributed by atoms with Gasteiger partial charge in [0.2, 0.25) is 0 Å². The summed E-state index contributed by atoms with van der Waals surface area (Å²) < 4.78 is 20.0. The molecule has 1 aliphatic heterocycles. The van der Waals surface area contributed by atoms with Gasteiger partial charge in [-0.2, -0.15) is 0 Å². The van der Waals surface area contributed by atoms with Gasteiger partial charge in [0.25, 0.3) is 11.8 Å². The molecule has 1 heterocycles. The van der Waals surface area contributed by atoms with Gasteiger partial charge in [0.15, 0.2) is 0 Å². The quantitative estimate of drug-likeness (QED) is 0.482. The van der Waals surface area contributed by atoms with Gasteiger partial charge >= 0.3 is 6.03 Å². The van der Waals surface area contributed by atoms with Crippen LogP contribution in [0.4, 0.5) is 14.9 Å². The molecule has 1 fully saturated rings. The van der Waals surface area contributed by atoms with E-state index >= 15 is 0 Å². The number of anilines is 1. The molecule has 0 radical (unpaired) electrons. The maximum absolute atomic E-state index is 14.2. The number of carbonyl (C=O) groups is 3. The molecule has 0 spiro atoms. The highest BCUT2D eigenvalue weighted by molar-refractivity contribution is 6.39. The number of barbiturate groups is 1. The zero-order chi connectivity index (χ0) is 22.7. The van der Waals surface area contributed by atoms with Crippen LogP contribution in [-0.4, -0.2) is 17.8 Å². The largest absolute Gasteiger partial charge is 0.489 e. The molecule has 3 aromatic rings. The first-order valence-corrected chi connectivity index (χ1v) is 9.87. The molecule has 160 valence electrons. The summed E-state index contributed by atoms with van der Waals surface area (Å²) in [5, 5.41) is 2.08. The highest BCUT2D eigenvalue weighted by Crippen LogP contribution is 2.25. The first kappa shape index (κ1) is 21.0. The third-order valence-electron chi connectivity index (χ3n) is 4.89. The zero-order valence-corrected chi connectivity index (χ0v) is 17.2. The van der Waals surface area contributed by atoms with Crippen LogP contribution >= 0.6 is 0 Å². The number of benzene rings is 3. The van der Waals surface area contributed by atoms with E-state index in [2.05, 4.69) is 5.32 Å². The van der Waals surface area contributed by atoms with Crippen LogP contribution in [0.1, 0.15) is 16.7 Å². The molecule has 32 heavy (non-hydrogen) atoms. The number of rotatable bonds is 5. The fourth-order valence-corrected chi connectivity index (χ4v) is 3.22. The molecule has 1 saturated heterocycles. The number of para-hydroxylation sites is 1. The SMILES string of the molecule is Cc1ccc(COc2cccc(/C=C3\C(=O)NC(=O)N(c4ccccc4F)C3=O)c2)cc1. The predicted octanol–water partition coefficient (Wildman–Crippen LogP) is 4.38. The predicted molar refractivity (Wildman–Crippen MR) is 117 cm³/mol. The summed E-state index contributed by atoms with van der Waals surface area (Å²) in [6.07, 6.45) is 1.34. The van der Waals surface area contributed by atoms with Crippen molar-refractivity contribution in [3.05, 3.63) is 101 Å². The Labute approximate surface area is 183 Å². The number of hydrogen-bond acceptors (Lipinski definition) is 4. The zero-order valence-electron chi connectivity index (χ0n) is 17.2. The highest BCUT2D eigenvalue weighted by atomic mass is 19.1. The Bertz CT molecular complexity index is 1230. The smallest absolute Gasteiger partial charge is 0.336 e. The first-order valence-electron chi connectivity index (χ1n) is 9.87. The van der Waals surface area contributed by atoms with Gasteiger partial charge in [-0.05, 0) is 48.4 Å². The van der Waals surface area contributed by atoms with Crippen LogP contribution in [0, 0.1) is 12.7 Å². The summed E-state index contributed by atoms with van der Waals surface area (Å²) >= 11 is 0. The Kier molecular flexibility index (Phi) is 5.81. The molecular weight excluding hydrogens is 411 g/mol. The minimum Gasteiger partial charge on any atom is -0.489 e. The van der Waals surface area contributed by atoms with Gasteiger partial charge in [-0.1, -0.05) is 54.1 Å². The van der Waals surface area contributed by atoms with Crippen LogP contribution < -0.4 is 15.0 Å². The summed E-state index contributed by atoms with van der Waals surface area (Å²) in [4.78, 5) is 38.1. The Morgan fingerprint density at radius 2 is 1.72 bits per heavy atom. The first-order chi connectivity index (χ1) is 15.4. The average molecular weight is 430 g/mol. The lowest BCUT2D eigenvalue weighted by atomic mass is 10.1. The number of aryl methyl sites for hydroxylation is 1. The normalized spacial score (nSPS) is 15.1. The van der Waals surface area contributed by atoms with E-state index in [1.807, 2.05) is 31.2 Å². The van der Waals surface area contributed by atoms with E-state index in [-0.39, 0.29) is 11.3 Å². The molecule has 1 aliphatic rings. The molecule has 0 aromatic heterocycles. The Balaban J connectivity index is 1.58.